The maximum absolute atomic E-state index is 11.5. The van der Waals surface area contributed by atoms with Gasteiger partial charge in [-0.1, -0.05) is 26.0 Å². The normalized spacial score (nSPS) is 12.3. The third kappa shape index (κ3) is 8.33. The lowest BCUT2D eigenvalue weighted by Crippen LogP contribution is -2.15. The number of hydrogen-bond acceptors (Lipinski definition) is 3. The predicted octanol–water partition coefficient (Wildman–Crippen LogP) is 2.91. The van der Waals surface area contributed by atoms with Crippen LogP contribution in [0, 0.1) is 5.41 Å². The molecule has 0 spiro atoms. The van der Waals surface area contributed by atoms with Gasteiger partial charge in [-0.3, -0.25) is 4.79 Å². The Morgan fingerprint density at radius 3 is 2.53 bits per heavy atom. The molecule has 3 nitrogen and oxygen atoms in total. The van der Waals surface area contributed by atoms with Crippen LogP contribution in [0.25, 0.3) is 0 Å². The Morgan fingerprint density at radius 1 is 1.33 bits per heavy atom. The van der Waals surface area contributed by atoms with Gasteiger partial charge in [0.1, 0.15) is 5.78 Å². The molecule has 15 heavy (non-hydrogen) atoms. The quantitative estimate of drug-likeness (QED) is 0.270. The van der Waals surface area contributed by atoms with E-state index in [0.717, 1.165) is 0 Å². The second-order valence-electron chi connectivity index (χ2n) is 4.18. The van der Waals surface area contributed by atoms with Crippen molar-refractivity contribution in [2.75, 3.05) is 13.2 Å². The van der Waals surface area contributed by atoms with Gasteiger partial charge in [-0.25, -0.2) is 9.78 Å². The van der Waals surface area contributed by atoms with Gasteiger partial charge in [0.15, 0.2) is 0 Å². The Balaban J connectivity index is 3.73. The Hall–Kier alpha value is -0.670. The van der Waals surface area contributed by atoms with E-state index in [4.69, 9.17) is 9.78 Å². The van der Waals surface area contributed by atoms with Crippen LogP contribution in [0.2, 0.25) is 0 Å². The molecule has 0 amide bonds. The highest BCUT2D eigenvalue weighted by Crippen LogP contribution is 2.22. The van der Waals surface area contributed by atoms with Crippen molar-refractivity contribution in [3.63, 3.8) is 0 Å². The highest BCUT2D eigenvalue weighted by Gasteiger charge is 2.18. The second kappa shape index (κ2) is 7.60. The molecule has 0 rings (SSSR count). The van der Waals surface area contributed by atoms with Crippen LogP contribution in [0.3, 0.4) is 0 Å². The van der Waals surface area contributed by atoms with Crippen LogP contribution in [0.1, 0.15) is 40.5 Å². The van der Waals surface area contributed by atoms with E-state index in [9.17, 15) is 4.79 Å². The van der Waals surface area contributed by atoms with Crippen LogP contribution in [-0.4, -0.2) is 19.0 Å². The van der Waals surface area contributed by atoms with Gasteiger partial charge in [-0.15, -0.1) is 0 Å². The van der Waals surface area contributed by atoms with Crippen molar-refractivity contribution in [2.24, 2.45) is 5.41 Å². The summed E-state index contributed by atoms with van der Waals surface area (Å²) in [5.41, 5.74) is -0.0581. The van der Waals surface area contributed by atoms with Crippen molar-refractivity contribution in [1.29, 1.82) is 0 Å². The molecule has 0 aromatic rings. The molecule has 0 aromatic heterocycles. The molecule has 0 unspecified atom stereocenters. The molecule has 0 bridgehead atoms. The molecule has 0 saturated carbocycles. The minimum Gasteiger partial charge on any atom is -0.300 e. The Bertz CT molecular complexity index is 207. The van der Waals surface area contributed by atoms with Gasteiger partial charge >= 0.3 is 0 Å². The smallest absolute Gasteiger partial charge is 0.136 e. The van der Waals surface area contributed by atoms with E-state index in [0.29, 0.717) is 26.1 Å². The number of carbonyl (C=O) groups excluding carboxylic acids is 1. The Labute approximate surface area is 92.4 Å². The van der Waals surface area contributed by atoms with Crippen molar-refractivity contribution < 1.29 is 14.6 Å². The van der Waals surface area contributed by atoms with Crippen molar-refractivity contribution in [1.82, 2.24) is 0 Å². The summed E-state index contributed by atoms with van der Waals surface area (Å²) in [6, 6.07) is 0. The maximum Gasteiger partial charge on any atom is 0.136 e. The summed E-state index contributed by atoms with van der Waals surface area (Å²) in [5.74, 6) is 0.206. The summed E-state index contributed by atoms with van der Waals surface area (Å²) >= 11 is 0. The van der Waals surface area contributed by atoms with Crippen LogP contribution < -0.4 is 0 Å². The van der Waals surface area contributed by atoms with Gasteiger partial charge in [0.05, 0.1) is 13.2 Å². The lowest BCUT2D eigenvalue weighted by Gasteiger charge is -2.18. The fourth-order valence-corrected chi connectivity index (χ4v) is 1.40. The van der Waals surface area contributed by atoms with Gasteiger partial charge < -0.3 is 0 Å². The number of ketones is 1. The van der Waals surface area contributed by atoms with Crippen molar-refractivity contribution in [3.8, 4) is 0 Å². The molecule has 0 radical (unpaired) electrons. The van der Waals surface area contributed by atoms with Gasteiger partial charge in [-0.05, 0) is 19.3 Å². The van der Waals surface area contributed by atoms with E-state index in [2.05, 4.69) is 0 Å². The van der Waals surface area contributed by atoms with Crippen LogP contribution in [0.4, 0.5) is 0 Å². The number of allylic oxidation sites excluding steroid dienone is 2. The van der Waals surface area contributed by atoms with Crippen LogP contribution >= 0.6 is 0 Å². The molecule has 0 aromatic carbocycles. The van der Waals surface area contributed by atoms with Crippen LogP contribution in [-0.2, 0) is 14.6 Å². The monoisotopic (exact) mass is 214 g/mol. The minimum atomic E-state index is -0.0581. The van der Waals surface area contributed by atoms with E-state index < -0.39 is 0 Å². The molecule has 0 aliphatic carbocycles. The molecule has 0 atom stereocenters. The Kier molecular flexibility index (Phi) is 7.26. The molecular weight excluding hydrogens is 192 g/mol. The Morgan fingerprint density at radius 2 is 2.00 bits per heavy atom. The third-order valence-corrected chi connectivity index (χ3v) is 1.94. The summed E-state index contributed by atoms with van der Waals surface area (Å²) in [7, 11) is 0. The minimum absolute atomic E-state index is 0.0581. The van der Waals surface area contributed by atoms with Crippen LogP contribution in [0.5, 0.6) is 0 Å². The number of Topliss-reactive ketones (excluding diaryl/α,β-unsaturated/α-hetero) is 1. The topological polar surface area (TPSA) is 35.5 Å². The summed E-state index contributed by atoms with van der Waals surface area (Å²) in [4.78, 5) is 21.0. The third-order valence-electron chi connectivity index (χ3n) is 1.94. The first-order valence-electron chi connectivity index (χ1n) is 5.42. The van der Waals surface area contributed by atoms with E-state index in [1.165, 1.54) is 0 Å². The largest absolute Gasteiger partial charge is 0.300 e. The standard InChI is InChI=1S/C12H22O3/c1-5-8-12(3,4)10-11(13)7-9-15-14-6-2/h5,8H,6-7,9-10H2,1-4H3/b8-5+. The average Bonchev–Trinajstić information content (AvgIpc) is 2.11. The lowest BCUT2D eigenvalue weighted by atomic mass is 9.86. The first kappa shape index (κ1) is 14.3. The zero-order valence-electron chi connectivity index (χ0n) is 10.2. The first-order valence-corrected chi connectivity index (χ1v) is 5.42. The van der Waals surface area contributed by atoms with Gasteiger partial charge in [0.25, 0.3) is 0 Å². The summed E-state index contributed by atoms with van der Waals surface area (Å²) in [5, 5.41) is 0. The lowest BCUT2D eigenvalue weighted by molar-refractivity contribution is -0.290. The van der Waals surface area contributed by atoms with Crippen LogP contribution in [0.15, 0.2) is 12.2 Å². The molecular formula is C12H22O3. The predicted molar refractivity (Wildman–Crippen MR) is 60.4 cm³/mol. The van der Waals surface area contributed by atoms with Crippen molar-refractivity contribution in [3.05, 3.63) is 12.2 Å². The van der Waals surface area contributed by atoms with Gasteiger partial charge in [0.2, 0.25) is 0 Å². The zero-order chi connectivity index (χ0) is 11.7. The molecule has 88 valence electrons. The molecule has 0 N–H and O–H groups in total. The fourth-order valence-electron chi connectivity index (χ4n) is 1.40. The highest BCUT2D eigenvalue weighted by molar-refractivity contribution is 5.79. The van der Waals surface area contributed by atoms with Crippen molar-refractivity contribution in [2.45, 2.75) is 40.5 Å². The zero-order valence-corrected chi connectivity index (χ0v) is 10.2. The van der Waals surface area contributed by atoms with E-state index >= 15 is 0 Å². The first-order chi connectivity index (χ1) is 7.02. The van der Waals surface area contributed by atoms with E-state index in [1.54, 1.807) is 0 Å². The summed E-state index contributed by atoms with van der Waals surface area (Å²) < 4.78 is 0. The van der Waals surface area contributed by atoms with Gasteiger partial charge in [-0.2, -0.15) is 0 Å². The average molecular weight is 214 g/mol. The van der Waals surface area contributed by atoms with Gasteiger partial charge in [0, 0.05) is 12.8 Å². The molecule has 0 heterocycles. The van der Waals surface area contributed by atoms with E-state index in [-0.39, 0.29) is 11.2 Å². The maximum atomic E-state index is 11.5. The van der Waals surface area contributed by atoms with E-state index in [1.807, 2.05) is 39.8 Å². The SMILES string of the molecule is C/C=C/C(C)(C)CC(=O)CCOOCC. The number of rotatable bonds is 8. The second-order valence-corrected chi connectivity index (χ2v) is 4.18. The summed E-state index contributed by atoms with van der Waals surface area (Å²) in [6.45, 7) is 8.76. The molecule has 0 saturated heterocycles. The number of carbonyl (C=O) groups is 1. The molecule has 0 aliphatic heterocycles. The fraction of sp³-hybridized carbons (Fsp3) is 0.750. The molecule has 0 aliphatic rings. The summed E-state index contributed by atoms with van der Waals surface area (Å²) in [6.07, 6.45) is 4.99. The number of hydrogen-bond donors (Lipinski definition) is 0. The molecule has 0 fully saturated rings. The highest BCUT2D eigenvalue weighted by atomic mass is 17.2. The van der Waals surface area contributed by atoms with Crippen molar-refractivity contribution >= 4 is 5.78 Å². The molecule has 3 heteroatoms.